The van der Waals surface area contributed by atoms with E-state index >= 15 is 0 Å². The normalized spacial score (nSPS) is 12.2. The number of nitrogens with one attached hydrogen (secondary N) is 1. The van der Waals surface area contributed by atoms with Crippen molar-refractivity contribution in [1.82, 2.24) is 10.2 Å². The molecule has 0 bridgehead atoms. The molecule has 1 N–H and O–H groups in total. The Morgan fingerprint density at radius 1 is 0.895 bits per heavy atom. The zero-order valence-corrected chi connectivity index (χ0v) is 24.0. The maximum atomic E-state index is 13.8. The maximum absolute atomic E-state index is 13.8. The Kier molecular flexibility index (Phi) is 9.82. The third kappa shape index (κ3) is 7.49. The Balaban J connectivity index is 2.05. The number of aryl methyl sites for hydroxylation is 1. The maximum Gasteiger partial charge on any atom is 0.264 e. The number of nitrogens with zero attached hydrogens (tertiary/aromatic N) is 2. The summed E-state index contributed by atoms with van der Waals surface area (Å²) in [4.78, 5) is 28.1. The number of halogens is 2. The smallest absolute Gasteiger partial charge is 0.264 e. The molecule has 0 aliphatic heterocycles. The summed E-state index contributed by atoms with van der Waals surface area (Å²) in [6.45, 7) is 6.66. The highest BCUT2D eigenvalue weighted by atomic mass is 35.5. The first-order valence-corrected chi connectivity index (χ1v) is 14.3. The van der Waals surface area contributed by atoms with Crippen LogP contribution in [0.5, 0.6) is 0 Å². The van der Waals surface area contributed by atoms with E-state index in [4.69, 9.17) is 23.2 Å². The lowest BCUT2D eigenvalue weighted by Gasteiger charge is -2.32. The van der Waals surface area contributed by atoms with E-state index in [-0.39, 0.29) is 39.1 Å². The first-order valence-electron chi connectivity index (χ1n) is 12.1. The van der Waals surface area contributed by atoms with Crippen LogP contribution in [-0.2, 0) is 26.2 Å². The fraction of sp³-hybridized carbons (Fsp3) is 0.286. The summed E-state index contributed by atoms with van der Waals surface area (Å²) in [5, 5.41) is 3.26. The standard InChI is InChI=1S/C28H31Cl2N3O4S/c1-19(2)31-28(35)21(4)32(17-22-8-6-5-7-9-22)27(34)18-33(25-15-23(29)14-24(30)16-25)38(36,37)26-12-10-20(3)11-13-26/h5-16,19,21H,17-18H2,1-4H3,(H,31,35). The van der Waals surface area contributed by atoms with Crippen LogP contribution in [0.4, 0.5) is 5.69 Å². The number of hydrogen-bond acceptors (Lipinski definition) is 4. The molecule has 1 unspecified atom stereocenters. The van der Waals surface area contributed by atoms with E-state index in [0.717, 1.165) is 15.4 Å². The minimum Gasteiger partial charge on any atom is -0.352 e. The molecule has 3 rings (SSSR count). The van der Waals surface area contributed by atoms with Crippen molar-refractivity contribution < 1.29 is 18.0 Å². The van der Waals surface area contributed by atoms with Gasteiger partial charge in [0.25, 0.3) is 10.0 Å². The number of sulfonamides is 1. The van der Waals surface area contributed by atoms with Crippen molar-refractivity contribution in [2.45, 2.75) is 51.2 Å². The summed E-state index contributed by atoms with van der Waals surface area (Å²) in [6.07, 6.45) is 0. The number of anilines is 1. The van der Waals surface area contributed by atoms with E-state index in [9.17, 15) is 18.0 Å². The lowest BCUT2D eigenvalue weighted by atomic mass is 10.1. The molecule has 0 fully saturated rings. The molecule has 0 aliphatic carbocycles. The van der Waals surface area contributed by atoms with Gasteiger partial charge in [-0.3, -0.25) is 13.9 Å². The average Bonchev–Trinajstić information content (AvgIpc) is 2.85. The van der Waals surface area contributed by atoms with Gasteiger partial charge in [-0.05, 0) is 63.6 Å². The molecule has 7 nitrogen and oxygen atoms in total. The summed E-state index contributed by atoms with van der Waals surface area (Å²) in [5.41, 5.74) is 1.82. The molecule has 202 valence electrons. The second-order valence-corrected chi connectivity index (χ2v) is 12.0. The Labute approximate surface area is 234 Å². The number of carbonyl (C=O) groups excluding carboxylic acids is 2. The fourth-order valence-electron chi connectivity index (χ4n) is 3.82. The average molecular weight is 577 g/mol. The molecular weight excluding hydrogens is 545 g/mol. The van der Waals surface area contributed by atoms with Crippen LogP contribution in [0.25, 0.3) is 0 Å². The zero-order valence-electron chi connectivity index (χ0n) is 21.7. The Bertz CT molecular complexity index is 1360. The lowest BCUT2D eigenvalue weighted by molar-refractivity contribution is -0.139. The third-order valence-electron chi connectivity index (χ3n) is 5.82. The predicted molar refractivity (Wildman–Crippen MR) is 152 cm³/mol. The van der Waals surface area contributed by atoms with E-state index in [0.29, 0.717) is 0 Å². The van der Waals surface area contributed by atoms with Crippen LogP contribution in [0.2, 0.25) is 10.0 Å². The van der Waals surface area contributed by atoms with Crippen molar-refractivity contribution >= 4 is 50.7 Å². The number of rotatable bonds is 10. The van der Waals surface area contributed by atoms with Gasteiger partial charge >= 0.3 is 0 Å². The number of benzene rings is 3. The number of carbonyl (C=O) groups is 2. The van der Waals surface area contributed by atoms with Gasteiger partial charge in [0.1, 0.15) is 12.6 Å². The van der Waals surface area contributed by atoms with Gasteiger partial charge in [-0.15, -0.1) is 0 Å². The third-order valence-corrected chi connectivity index (χ3v) is 8.04. The van der Waals surface area contributed by atoms with E-state index < -0.39 is 28.5 Å². The molecule has 0 aliphatic rings. The Hall–Kier alpha value is -3.07. The quantitative estimate of drug-likeness (QED) is 0.348. The summed E-state index contributed by atoms with van der Waals surface area (Å²) < 4.78 is 28.6. The molecule has 3 aromatic rings. The van der Waals surface area contributed by atoms with E-state index in [2.05, 4.69) is 5.32 Å². The van der Waals surface area contributed by atoms with Crippen LogP contribution in [0.1, 0.15) is 31.9 Å². The molecule has 38 heavy (non-hydrogen) atoms. The van der Waals surface area contributed by atoms with E-state index in [1.165, 1.54) is 35.2 Å². The monoisotopic (exact) mass is 575 g/mol. The second kappa shape index (κ2) is 12.7. The van der Waals surface area contributed by atoms with Gasteiger partial charge in [-0.25, -0.2) is 8.42 Å². The highest BCUT2D eigenvalue weighted by molar-refractivity contribution is 7.92. The van der Waals surface area contributed by atoms with Gasteiger partial charge in [-0.1, -0.05) is 71.2 Å². The molecule has 10 heteroatoms. The molecular formula is C28H31Cl2N3O4S. The first-order chi connectivity index (χ1) is 17.9. The largest absolute Gasteiger partial charge is 0.352 e. The van der Waals surface area contributed by atoms with Gasteiger partial charge in [0.2, 0.25) is 11.8 Å². The molecule has 0 radical (unpaired) electrons. The predicted octanol–water partition coefficient (Wildman–Crippen LogP) is 5.44. The lowest BCUT2D eigenvalue weighted by Crippen LogP contribution is -2.52. The highest BCUT2D eigenvalue weighted by Gasteiger charge is 2.33. The SMILES string of the molecule is Cc1ccc(S(=O)(=O)N(CC(=O)N(Cc2ccccc2)C(C)C(=O)NC(C)C)c2cc(Cl)cc(Cl)c2)cc1. The first kappa shape index (κ1) is 29.5. The zero-order chi connectivity index (χ0) is 28.0. The summed E-state index contributed by atoms with van der Waals surface area (Å²) in [6, 6.07) is 18.9. The molecule has 3 aromatic carbocycles. The summed E-state index contributed by atoms with van der Waals surface area (Å²) in [5.74, 6) is -0.907. The molecule has 2 amide bonds. The molecule has 0 saturated carbocycles. The minimum absolute atomic E-state index is 0.00667. The van der Waals surface area contributed by atoms with E-state index in [1.807, 2.05) is 51.1 Å². The van der Waals surface area contributed by atoms with Crippen LogP contribution in [0, 0.1) is 6.92 Å². The van der Waals surface area contributed by atoms with Crippen molar-refractivity contribution in [2.24, 2.45) is 0 Å². The molecule has 0 aromatic heterocycles. The second-order valence-electron chi connectivity index (χ2n) is 9.30. The topological polar surface area (TPSA) is 86.8 Å². The van der Waals surface area contributed by atoms with Gasteiger partial charge in [0, 0.05) is 22.6 Å². The van der Waals surface area contributed by atoms with Gasteiger partial charge in [0.15, 0.2) is 0 Å². The summed E-state index contributed by atoms with van der Waals surface area (Å²) >= 11 is 12.4. The van der Waals surface area contributed by atoms with E-state index in [1.54, 1.807) is 19.1 Å². The van der Waals surface area contributed by atoms with Crippen molar-refractivity contribution in [3.05, 3.63) is 94.0 Å². The van der Waals surface area contributed by atoms with Crippen molar-refractivity contribution in [3.8, 4) is 0 Å². The van der Waals surface area contributed by atoms with Crippen molar-refractivity contribution in [3.63, 3.8) is 0 Å². The Morgan fingerprint density at radius 3 is 2.03 bits per heavy atom. The number of hydrogen-bond donors (Lipinski definition) is 1. The van der Waals surface area contributed by atoms with Crippen LogP contribution < -0.4 is 9.62 Å². The molecule has 1 atom stereocenters. The van der Waals surface area contributed by atoms with Gasteiger partial charge in [0.05, 0.1) is 10.6 Å². The van der Waals surface area contributed by atoms with Crippen molar-refractivity contribution in [2.75, 3.05) is 10.8 Å². The van der Waals surface area contributed by atoms with Crippen molar-refractivity contribution in [1.29, 1.82) is 0 Å². The van der Waals surface area contributed by atoms with Crippen LogP contribution in [-0.4, -0.2) is 43.8 Å². The van der Waals surface area contributed by atoms with Gasteiger partial charge < -0.3 is 10.2 Å². The molecule has 0 saturated heterocycles. The Morgan fingerprint density at radius 2 is 1.47 bits per heavy atom. The highest BCUT2D eigenvalue weighted by Crippen LogP contribution is 2.30. The van der Waals surface area contributed by atoms with Crippen LogP contribution >= 0.6 is 23.2 Å². The van der Waals surface area contributed by atoms with Crippen LogP contribution in [0.15, 0.2) is 77.7 Å². The molecule has 0 heterocycles. The summed E-state index contributed by atoms with van der Waals surface area (Å²) in [7, 11) is -4.20. The fourth-order valence-corrected chi connectivity index (χ4v) is 5.73. The van der Waals surface area contributed by atoms with Crippen LogP contribution in [0.3, 0.4) is 0 Å². The molecule has 0 spiro atoms. The minimum atomic E-state index is -4.20. The van der Waals surface area contributed by atoms with Gasteiger partial charge in [-0.2, -0.15) is 0 Å². The number of amides is 2.